The molecule has 41 heavy (non-hydrogen) atoms. The van der Waals surface area contributed by atoms with Crippen molar-refractivity contribution in [3.05, 3.63) is 107 Å². The fourth-order valence-electron chi connectivity index (χ4n) is 4.49. The SMILES string of the molecule is O=C(CCCc1ccccc1)NCCOCCOCCOCCNCc1ccc2cc(Cc3ccccc3)oc2c1. The molecule has 0 fully saturated rings. The van der Waals surface area contributed by atoms with Crippen molar-refractivity contribution >= 4 is 16.9 Å². The standard InChI is InChI=1S/C34H42N2O5/c37-34(13-7-12-28-8-3-1-4-9-28)36-17-19-39-21-23-40-22-20-38-18-16-35-27-30-14-15-31-26-32(41-33(31)25-30)24-29-10-5-2-6-11-29/h1-6,8-11,14-15,25-26,35H,7,12-13,16-24,27H2,(H,36,37). The molecule has 4 rings (SSSR count). The minimum Gasteiger partial charge on any atom is -0.461 e. The molecule has 7 nitrogen and oxygen atoms in total. The van der Waals surface area contributed by atoms with Crippen LogP contribution in [0.1, 0.15) is 35.3 Å². The van der Waals surface area contributed by atoms with Crippen LogP contribution < -0.4 is 10.6 Å². The van der Waals surface area contributed by atoms with E-state index in [0.717, 1.165) is 49.1 Å². The first-order valence-electron chi connectivity index (χ1n) is 14.6. The molecule has 0 aliphatic heterocycles. The van der Waals surface area contributed by atoms with Crippen molar-refractivity contribution in [2.24, 2.45) is 0 Å². The maximum absolute atomic E-state index is 11.9. The van der Waals surface area contributed by atoms with Gasteiger partial charge in [0, 0.05) is 37.9 Å². The van der Waals surface area contributed by atoms with E-state index in [1.54, 1.807) is 0 Å². The lowest BCUT2D eigenvalue weighted by Gasteiger charge is -2.08. The van der Waals surface area contributed by atoms with Crippen molar-refractivity contribution in [3.8, 4) is 0 Å². The number of amides is 1. The second kappa shape index (κ2) is 18.0. The van der Waals surface area contributed by atoms with Gasteiger partial charge in [0.05, 0.1) is 39.6 Å². The third kappa shape index (κ3) is 11.9. The van der Waals surface area contributed by atoms with Gasteiger partial charge in [-0.05, 0) is 41.7 Å². The normalized spacial score (nSPS) is 11.2. The summed E-state index contributed by atoms with van der Waals surface area (Å²) in [6.07, 6.45) is 3.10. The van der Waals surface area contributed by atoms with E-state index in [2.05, 4.69) is 71.3 Å². The van der Waals surface area contributed by atoms with Crippen LogP contribution >= 0.6 is 0 Å². The molecular weight excluding hydrogens is 516 g/mol. The number of benzene rings is 3. The molecule has 0 atom stereocenters. The summed E-state index contributed by atoms with van der Waals surface area (Å²) in [6.45, 7) is 5.23. The number of carbonyl (C=O) groups is 1. The van der Waals surface area contributed by atoms with Gasteiger partial charge in [0.15, 0.2) is 0 Å². The van der Waals surface area contributed by atoms with Crippen LogP contribution in [0.2, 0.25) is 0 Å². The Balaban J connectivity index is 0.933. The molecular formula is C34H42N2O5. The molecule has 0 saturated heterocycles. The molecule has 1 heterocycles. The Labute approximate surface area is 243 Å². The fraction of sp³-hybridized carbons (Fsp3) is 0.382. The highest BCUT2D eigenvalue weighted by Gasteiger charge is 2.06. The van der Waals surface area contributed by atoms with Crippen LogP contribution in [0, 0.1) is 0 Å². The zero-order chi connectivity index (χ0) is 28.4. The Kier molecular flexibility index (Phi) is 13.4. The number of furan rings is 1. The Morgan fingerprint density at radius 2 is 1.34 bits per heavy atom. The van der Waals surface area contributed by atoms with Gasteiger partial charge in [-0.25, -0.2) is 0 Å². The Morgan fingerprint density at radius 1 is 0.683 bits per heavy atom. The van der Waals surface area contributed by atoms with Crippen molar-refractivity contribution in [1.82, 2.24) is 10.6 Å². The Bertz CT molecular complexity index is 1280. The third-order valence-corrected chi connectivity index (χ3v) is 6.63. The molecule has 0 spiro atoms. The number of rotatable bonds is 20. The number of fused-ring (bicyclic) bond motifs is 1. The quantitative estimate of drug-likeness (QED) is 0.143. The van der Waals surface area contributed by atoms with Gasteiger partial charge in [-0.15, -0.1) is 0 Å². The van der Waals surface area contributed by atoms with Crippen LogP contribution in [0.3, 0.4) is 0 Å². The Hall–Kier alpha value is -3.49. The van der Waals surface area contributed by atoms with Crippen molar-refractivity contribution in [2.75, 3.05) is 52.7 Å². The molecule has 0 aliphatic carbocycles. The zero-order valence-electron chi connectivity index (χ0n) is 23.8. The molecule has 3 aromatic carbocycles. The molecule has 7 heteroatoms. The number of hydrogen-bond acceptors (Lipinski definition) is 6. The van der Waals surface area contributed by atoms with Gasteiger partial charge in [-0.2, -0.15) is 0 Å². The summed E-state index contributed by atoms with van der Waals surface area (Å²) in [5, 5.41) is 7.44. The average molecular weight is 559 g/mol. The number of hydrogen-bond donors (Lipinski definition) is 2. The van der Waals surface area contributed by atoms with Crippen LogP contribution in [0.5, 0.6) is 0 Å². The molecule has 0 aliphatic rings. The molecule has 2 N–H and O–H groups in total. The molecule has 218 valence electrons. The second-order valence-electron chi connectivity index (χ2n) is 9.95. The summed E-state index contributed by atoms with van der Waals surface area (Å²) >= 11 is 0. The maximum atomic E-state index is 11.9. The van der Waals surface area contributed by atoms with Gasteiger partial charge in [0.2, 0.25) is 5.91 Å². The van der Waals surface area contributed by atoms with Crippen LogP contribution in [-0.4, -0.2) is 58.6 Å². The van der Waals surface area contributed by atoms with E-state index in [4.69, 9.17) is 18.6 Å². The van der Waals surface area contributed by atoms with Crippen LogP contribution in [0.15, 0.2) is 89.3 Å². The van der Waals surface area contributed by atoms with Gasteiger partial charge in [0.25, 0.3) is 0 Å². The first-order valence-corrected chi connectivity index (χ1v) is 14.6. The molecule has 0 radical (unpaired) electrons. The zero-order valence-corrected chi connectivity index (χ0v) is 23.8. The highest BCUT2D eigenvalue weighted by atomic mass is 16.5. The fourth-order valence-corrected chi connectivity index (χ4v) is 4.49. The molecule has 0 unspecified atom stereocenters. The number of nitrogens with one attached hydrogen (secondary N) is 2. The maximum Gasteiger partial charge on any atom is 0.220 e. The molecule has 1 aromatic heterocycles. The van der Waals surface area contributed by atoms with E-state index in [1.807, 2.05) is 24.3 Å². The second-order valence-corrected chi connectivity index (χ2v) is 9.95. The average Bonchev–Trinajstić information content (AvgIpc) is 3.40. The lowest BCUT2D eigenvalue weighted by molar-refractivity contribution is -0.121. The smallest absolute Gasteiger partial charge is 0.220 e. The predicted molar refractivity (Wildman–Crippen MR) is 162 cm³/mol. The van der Waals surface area contributed by atoms with Crippen molar-refractivity contribution in [2.45, 2.75) is 32.2 Å². The van der Waals surface area contributed by atoms with E-state index in [-0.39, 0.29) is 5.91 Å². The van der Waals surface area contributed by atoms with Crippen LogP contribution in [0.25, 0.3) is 11.0 Å². The number of ether oxygens (including phenoxy) is 3. The monoisotopic (exact) mass is 558 g/mol. The summed E-state index contributed by atoms with van der Waals surface area (Å²) in [4.78, 5) is 11.9. The van der Waals surface area contributed by atoms with Gasteiger partial charge in [-0.3, -0.25) is 4.79 Å². The van der Waals surface area contributed by atoms with Gasteiger partial charge >= 0.3 is 0 Å². The first-order chi connectivity index (χ1) is 20.3. The minimum atomic E-state index is 0.0686. The lowest BCUT2D eigenvalue weighted by Crippen LogP contribution is -2.27. The predicted octanol–water partition coefficient (Wildman–Crippen LogP) is 5.30. The largest absolute Gasteiger partial charge is 0.461 e. The molecule has 4 aromatic rings. The van der Waals surface area contributed by atoms with Crippen molar-refractivity contribution in [1.29, 1.82) is 0 Å². The van der Waals surface area contributed by atoms with Gasteiger partial charge in [-0.1, -0.05) is 72.8 Å². The van der Waals surface area contributed by atoms with Crippen molar-refractivity contribution in [3.63, 3.8) is 0 Å². The number of aryl methyl sites for hydroxylation is 1. The summed E-state index contributed by atoms with van der Waals surface area (Å²) in [7, 11) is 0. The van der Waals surface area contributed by atoms with E-state index in [9.17, 15) is 4.79 Å². The van der Waals surface area contributed by atoms with Gasteiger partial charge in [0.1, 0.15) is 11.3 Å². The lowest BCUT2D eigenvalue weighted by atomic mass is 10.1. The van der Waals surface area contributed by atoms with E-state index in [1.165, 1.54) is 16.7 Å². The van der Waals surface area contributed by atoms with E-state index < -0.39 is 0 Å². The molecule has 0 bridgehead atoms. The van der Waals surface area contributed by atoms with Crippen LogP contribution in [-0.2, 0) is 38.4 Å². The summed E-state index contributed by atoms with van der Waals surface area (Å²) < 4.78 is 22.8. The van der Waals surface area contributed by atoms with Gasteiger partial charge < -0.3 is 29.3 Å². The van der Waals surface area contributed by atoms with Crippen molar-refractivity contribution < 1.29 is 23.4 Å². The minimum absolute atomic E-state index is 0.0686. The summed E-state index contributed by atoms with van der Waals surface area (Å²) in [5.41, 5.74) is 4.62. The highest BCUT2D eigenvalue weighted by Crippen LogP contribution is 2.22. The molecule has 0 saturated carbocycles. The topological polar surface area (TPSA) is 82.0 Å². The van der Waals surface area contributed by atoms with E-state index in [0.29, 0.717) is 52.6 Å². The van der Waals surface area contributed by atoms with Crippen LogP contribution in [0.4, 0.5) is 0 Å². The van der Waals surface area contributed by atoms with E-state index >= 15 is 0 Å². The summed E-state index contributed by atoms with van der Waals surface area (Å²) in [5.74, 6) is 1.05. The summed E-state index contributed by atoms with van der Waals surface area (Å²) in [6, 6.07) is 29.1. The first kappa shape index (κ1) is 30.5. The highest BCUT2D eigenvalue weighted by molar-refractivity contribution is 5.78. The molecule has 1 amide bonds. The Morgan fingerprint density at radius 3 is 2.07 bits per heavy atom. The number of carbonyl (C=O) groups excluding carboxylic acids is 1. The third-order valence-electron chi connectivity index (χ3n) is 6.63.